The van der Waals surface area contributed by atoms with E-state index in [1.165, 1.54) is 21.6 Å². The third kappa shape index (κ3) is 4.36. The first kappa shape index (κ1) is 25.5. The smallest absolute Gasteiger partial charge is 0.414 e. The van der Waals surface area contributed by atoms with Crippen molar-refractivity contribution in [2.24, 2.45) is 10.9 Å². The third-order valence-electron chi connectivity index (χ3n) is 8.11. The fraction of sp³-hybridized carbons (Fsp3) is 0.469. The maximum absolute atomic E-state index is 14.4. The van der Waals surface area contributed by atoms with Gasteiger partial charge in [-0.15, -0.1) is 0 Å². The van der Waals surface area contributed by atoms with Gasteiger partial charge in [-0.1, -0.05) is 35.6 Å². The summed E-state index contributed by atoms with van der Waals surface area (Å²) in [6, 6.07) is 12.4. The maximum Gasteiger partial charge on any atom is 0.414 e. The molecule has 39 heavy (non-hydrogen) atoms. The highest BCUT2D eigenvalue weighted by atomic mass is 16.6. The van der Waals surface area contributed by atoms with Crippen molar-refractivity contribution in [1.29, 1.82) is 0 Å². The molecule has 0 radical (unpaired) electrons. The number of aryl methyl sites for hydroxylation is 3. The van der Waals surface area contributed by atoms with E-state index in [1.54, 1.807) is 27.8 Å². The van der Waals surface area contributed by atoms with Gasteiger partial charge in [-0.25, -0.2) is 9.79 Å². The second kappa shape index (κ2) is 8.87. The van der Waals surface area contributed by atoms with Crippen LogP contribution in [0.5, 0.6) is 5.75 Å². The minimum Gasteiger partial charge on any atom is -0.483 e. The van der Waals surface area contributed by atoms with Gasteiger partial charge in [0.2, 0.25) is 11.5 Å². The quantitative estimate of drug-likeness (QED) is 0.490. The van der Waals surface area contributed by atoms with E-state index in [1.807, 2.05) is 18.2 Å². The second-order valence-corrected chi connectivity index (χ2v) is 12.3. The summed E-state index contributed by atoms with van der Waals surface area (Å²) in [4.78, 5) is 33.6. The Morgan fingerprint density at radius 1 is 1.13 bits per heavy atom. The Bertz CT molecular complexity index is 1470. The molecule has 2 spiro atoms. The van der Waals surface area contributed by atoms with Crippen molar-refractivity contribution >= 4 is 18.0 Å². The van der Waals surface area contributed by atoms with E-state index < -0.39 is 22.8 Å². The van der Waals surface area contributed by atoms with Crippen molar-refractivity contribution in [2.45, 2.75) is 83.0 Å². The lowest BCUT2D eigenvalue weighted by atomic mass is 9.71. The normalized spacial score (nSPS) is 25.3. The van der Waals surface area contributed by atoms with Crippen molar-refractivity contribution in [3.8, 4) is 17.6 Å². The van der Waals surface area contributed by atoms with Gasteiger partial charge in [-0.05, 0) is 95.5 Å². The number of hydrogen-bond donors (Lipinski definition) is 1. The molecule has 1 N–H and O–H groups in total. The highest BCUT2D eigenvalue weighted by Gasteiger charge is 2.68. The van der Waals surface area contributed by atoms with E-state index in [-0.39, 0.29) is 11.9 Å². The van der Waals surface area contributed by atoms with Gasteiger partial charge >= 0.3 is 6.09 Å². The van der Waals surface area contributed by atoms with Gasteiger partial charge < -0.3 is 9.47 Å². The van der Waals surface area contributed by atoms with Gasteiger partial charge in [0.25, 0.3) is 5.91 Å². The number of hydrogen-bond acceptors (Lipinski definition) is 5. The highest BCUT2D eigenvalue weighted by molar-refractivity contribution is 6.12. The summed E-state index contributed by atoms with van der Waals surface area (Å²) in [5.41, 5.74) is 2.40. The van der Waals surface area contributed by atoms with Crippen LogP contribution in [-0.2, 0) is 27.9 Å². The van der Waals surface area contributed by atoms with E-state index in [2.05, 4.69) is 42.3 Å². The Morgan fingerprint density at radius 3 is 2.59 bits per heavy atom. The molecule has 2 aliphatic carbocycles. The van der Waals surface area contributed by atoms with Crippen LogP contribution < -0.4 is 10.1 Å². The first-order chi connectivity index (χ1) is 18.5. The van der Waals surface area contributed by atoms with Crippen molar-refractivity contribution in [3.05, 3.63) is 64.2 Å². The molecule has 2 atom stereocenters. The Balaban J connectivity index is 1.46. The summed E-state index contributed by atoms with van der Waals surface area (Å²) >= 11 is 0. The summed E-state index contributed by atoms with van der Waals surface area (Å²) in [6.07, 6.45) is 4.39. The Kier molecular flexibility index (Phi) is 5.80. The molecule has 6 rings (SSSR count). The number of carbonyl (C=O) groups is 2. The van der Waals surface area contributed by atoms with Crippen molar-refractivity contribution < 1.29 is 19.1 Å². The van der Waals surface area contributed by atoms with E-state index in [4.69, 9.17) is 14.5 Å². The molecule has 1 fully saturated rings. The number of amides is 2. The zero-order chi connectivity index (χ0) is 27.6. The molecule has 2 aliphatic heterocycles. The number of nitrogens with one attached hydrogen (secondary N) is 1. The van der Waals surface area contributed by atoms with Crippen LogP contribution in [0.2, 0.25) is 0 Å². The Morgan fingerprint density at radius 2 is 1.87 bits per heavy atom. The topological polar surface area (TPSA) is 80.2 Å². The number of ether oxygens (including phenoxy) is 2. The number of aliphatic imine (C=N–C) groups is 1. The van der Waals surface area contributed by atoms with Crippen LogP contribution in [0.1, 0.15) is 74.3 Å². The van der Waals surface area contributed by atoms with Crippen molar-refractivity contribution in [2.75, 3.05) is 7.05 Å². The number of guanidine groups is 1. The summed E-state index contributed by atoms with van der Waals surface area (Å²) in [5, 5.41) is 2.73. The second-order valence-electron chi connectivity index (χ2n) is 12.3. The highest BCUT2D eigenvalue weighted by Crippen LogP contribution is 2.57. The largest absolute Gasteiger partial charge is 0.483 e. The zero-order valence-electron chi connectivity index (χ0n) is 23.3. The van der Waals surface area contributed by atoms with Gasteiger partial charge in [0.05, 0.1) is 0 Å². The van der Waals surface area contributed by atoms with Crippen molar-refractivity contribution in [3.63, 3.8) is 0 Å². The number of rotatable bonds is 0. The SMILES string of the molecule is Cc1ccc2c(c1)CCC1(CC2)Oc2ccc(C#CC3CC3)cc2C12N=C(NC(=O)OC(C)(C)C)N(C)C2=O. The van der Waals surface area contributed by atoms with Crippen LogP contribution in [0.15, 0.2) is 41.4 Å². The van der Waals surface area contributed by atoms with E-state index in [0.29, 0.717) is 30.1 Å². The van der Waals surface area contributed by atoms with Gasteiger partial charge in [0, 0.05) is 24.1 Å². The number of fused-ring (bicyclic) bond motifs is 4. The molecule has 7 nitrogen and oxygen atoms in total. The lowest BCUT2D eigenvalue weighted by Crippen LogP contribution is -2.56. The zero-order valence-corrected chi connectivity index (χ0v) is 23.3. The molecule has 2 aromatic rings. The molecule has 4 aliphatic rings. The monoisotopic (exact) mass is 525 g/mol. The average molecular weight is 526 g/mol. The number of benzene rings is 2. The molecule has 0 aromatic heterocycles. The molecule has 2 aromatic carbocycles. The van der Waals surface area contributed by atoms with E-state index in [0.717, 1.165) is 31.2 Å². The van der Waals surface area contributed by atoms with E-state index in [9.17, 15) is 9.59 Å². The molecule has 2 heterocycles. The van der Waals surface area contributed by atoms with Crippen LogP contribution in [0, 0.1) is 24.7 Å². The van der Waals surface area contributed by atoms with Gasteiger partial charge in [-0.3, -0.25) is 15.0 Å². The summed E-state index contributed by atoms with van der Waals surface area (Å²) < 4.78 is 12.3. The van der Waals surface area contributed by atoms with Crippen LogP contribution in [-0.4, -0.2) is 41.1 Å². The van der Waals surface area contributed by atoms with Crippen molar-refractivity contribution in [1.82, 2.24) is 10.2 Å². The molecule has 0 saturated heterocycles. The van der Waals surface area contributed by atoms with Crippen LogP contribution in [0.25, 0.3) is 0 Å². The number of alkyl carbamates (subject to hydrolysis) is 1. The number of nitrogens with zero attached hydrogens (tertiary/aromatic N) is 2. The molecule has 0 bridgehead atoms. The lowest BCUT2D eigenvalue weighted by Gasteiger charge is -2.38. The minimum absolute atomic E-state index is 0.164. The predicted molar refractivity (Wildman–Crippen MR) is 148 cm³/mol. The summed E-state index contributed by atoms with van der Waals surface area (Å²) in [5.74, 6) is 7.67. The lowest BCUT2D eigenvalue weighted by molar-refractivity contribution is -0.138. The Hall–Kier alpha value is -3.79. The van der Waals surface area contributed by atoms with Crippen LogP contribution in [0.3, 0.4) is 0 Å². The number of likely N-dealkylation sites (N-methyl/N-ethyl adjacent to an activating group) is 1. The fourth-order valence-electron chi connectivity index (χ4n) is 6.02. The molecular formula is C32H35N3O4. The molecular weight excluding hydrogens is 490 g/mol. The third-order valence-corrected chi connectivity index (χ3v) is 8.11. The molecule has 7 heteroatoms. The summed E-state index contributed by atoms with van der Waals surface area (Å²) in [7, 11) is 1.64. The van der Waals surface area contributed by atoms with E-state index >= 15 is 0 Å². The average Bonchev–Trinajstić information content (AvgIpc) is 3.64. The standard InChI is InChI=1S/C32H35N3O4/c1-20-6-12-23-14-16-31(17-15-24(23)18-20)32(25-19-22(10-9-21-7-8-21)11-13-26(25)38-31)27(36)35(5)28(34-32)33-29(37)39-30(2,3)4/h6,11-13,18-19,21H,7-8,14-17H2,1-5H3,(H,33,34,37). The first-order valence-corrected chi connectivity index (χ1v) is 13.8. The van der Waals surface area contributed by atoms with Gasteiger partial charge in [0.15, 0.2) is 0 Å². The minimum atomic E-state index is -1.34. The summed E-state index contributed by atoms with van der Waals surface area (Å²) in [6.45, 7) is 7.49. The van der Waals surface area contributed by atoms with Crippen LogP contribution in [0.4, 0.5) is 4.79 Å². The predicted octanol–water partition coefficient (Wildman–Crippen LogP) is 5.01. The Labute approximate surface area is 230 Å². The fourth-order valence-corrected chi connectivity index (χ4v) is 6.02. The first-order valence-electron chi connectivity index (χ1n) is 13.8. The van der Waals surface area contributed by atoms with Gasteiger partial charge in [-0.2, -0.15) is 0 Å². The molecule has 2 amide bonds. The van der Waals surface area contributed by atoms with Gasteiger partial charge in [0.1, 0.15) is 17.0 Å². The number of carbonyl (C=O) groups excluding carboxylic acids is 2. The van der Waals surface area contributed by atoms with Crippen LogP contribution >= 0.6 is 0 Å². The molecule has 1 saturated carbocycles. The maximum atomic E-state index is 14.4. The molecule has 202 valence electrons. The molecule has 2 unspecified atom stereocenters.